The molecule has 1 fully saturated rings. The smallest absolute Gasteiger partial charge is 0.252 e. The Balaban J connectivity index is 1.64. The number of carbonyl (C=O) groups excluding carboxylic acids is 1. The third-order valence-electron chi connectivity index (χ3n) is 3.85. The molecule has 1 N–H and O–H groups in total. The summed E-state index contributed by atoms with van der Waals surface area (Å²) < 4.78 is 0. The zero-order valence-electron chi connectivity index (χ0n) is 12.5. The lowest BCUT2D eigenvalue weighted by Gasteiger charge is -2.18. The van der Waals surface area contributed by atoms with E-state index in [4.69, 9.17) is 0 Å². The average Bonchev–Trinajstić information content (AvgIpc) is 3.04. The number of carbonyl (C=O) groups is 1. The highest BCUT2D eigenvalue weighted by molar-refractivity contribution is 7.98. The molecule has 114 valence electrons. The maximum Gasteiger partial charge on any atom is 0.252 e. The molecule has 0 aliphatic carbocycles. The maximum absolute atomic E-state index is 12.5. The highest BCUT2D eigenvalue weighted by atomic mass is 32.2. The van der Waals surface area contributed by atoms with E-state index in [9.17, 15) is 4.79 Å². The summed E-state index contributed by atoms with van der Waals surface area (Å²) in [5.74, 6) is 0.988. The van der Waals surface area contributed by atoms with Crippen molar-refractivity contribution in [3.8, 4) is 0 Å². The van der Waals surface area contributed by atoms with E-state index in [1.807, 2.05) is 48.7 Å². The number of hydrogen-bond donors (Lipinski definition) is 1. The Morgan fingerprint density at radius 1 is 1.27 bits per heavy atom. The van der Waals surface area contributed by atoms with Crippen LogP contribution < -0.4 is 10.2 Å². The van der Waals surface area contributed by atoms with Gasteiger partial charge < -0.3 is 10.2 Å². The minimum absolute atomic E-state index is 0.0119. The summed E-state index contributed by atoms with van der Waals surface area (Å²) in [6.45, 7) is 1.73. The highest BCUT2D eigenvalue weighted by Gasteiger charge is 2.25. The molecule has 1 aliphatic rings. The number of nitrogens with zero attached hydrogens (tertiary/aromatic N) is 2. The van der Waals surface area contributed by atoms with Crippen LogP contribution >= 0.6 is 11.8 Å². The molecule has 0 bridgehead atoms. The van der Waals surface area contributed by atoms with Gasteiger partial charge in [0.2, 0.25) is 0 Å². The first kappa shape index (κ1) is 14.9. The minimum Gasteiger partial charge on any atom is -0.354 e. The van der Waals surface area contributed by atoms with Crippen molar-refractivity contribution in [3.05, 3.63) is 54.2 Å². The van der Waals surface area contributed by atoms with Crippen molar-refractivity contribution in [2.45, 2.75) is 17.4 Å². The molecule has 1 aromatic carbocycles. The monoisotopic (exact) mass is 313 g/mol. The predicted octanol–water partition coefficient (Wildman–Crippen LogP) is 2.81. The molecule has 1 unspecified atom stereocenters. The normalized spacial score (nSPS) is 17.5. The lowest BCUT2D eigenvalue weighted by molar-refractivity contribution is 0.0937. The van der Waals surface area contributed by atoms with E-state index in [0.717, 1.165) is 35.8 Å². The lowest BCUT2D eigenvalue weighted by atomic mass is 10.2. The molecule has 2 aromatic rings. The van der Waals surface area contributed by atoms with Crippen LogP contribution in [0.3, 0.4) is 0 Å². The van der Waals surface area contributed by atoms with E-state index in [-0.39, 0.29) is 11.9 Å². The van der Waals surface area contributed by atoms with Crippen LogP contribution in [-0.4, -0.2) is 36.3 Å². The summed E-state index contributed by atoms with van der Waals surface area (Å²) in [6, 6.07) is 13.8. The van der Waals surface area contributed by atoms with Gasteiger partial charge in [0.1, 0.15) is 5.82 Å². The van der Waals surface area contributed by atoms with Gasteiger partial charge in [0.15, 0.2) is 0 Å². The van der Waals surface area contributed by atoms with Crippen LogP contribution in [0.25, 0.3) is 0 Å². The Morgan fingerprint density at radius 3 is 2.86 bits per heavy atom. The van der Waals surface area contributed by atoms with Gasteiger partial charge >= 0.3 is 0 Å². The fourth-order valence-corrected chi connectivity index (χ4v) is 3.32. The van der Waals surface area contributed by atoms with E-state index >= 15 is 0 Å². The molecule has 22 heavy (non-hydrogen) atoms. The van der Waals surface area contributed by atoms with Crippen LogP contribution in [-0.2, 0) is 0 Å². The van der Waals surface area contributed by atoms with E-state index in [1.54, 1.807) is 18.0 Å². The van der Waals surface area contributed by atoms with Crippen LogP contribution in [0.4, 0.5) is 5.82 Å². The molecular weight excluding hydrogens is 294 g/mol. The van der Waals surface area contributed by atoms with Crippen LogP contribution in [0.15, 0.2) is 53.6 Å². The van der Waals surface area contributed by atoms with Gasteiger partial charge in [-0.3, -0.25) is 4.79 Å². The zero-order valence-corrected chi connectivity index (χ0v) is 13.3. The Hall–Kier alpha value is -2.01. The highest BCUT2D eigenvalue weighted by Crippen LogP contribution is 2.21. The number of nitrogens with one attached hydrogen (secondary N) is 1. The first-order valence-corrected chi connectivity index (χ1v) is 8.60. The Bertz CT molecular complexity index is 647. The largest absolute Gasteiger partial charge is 0.354 e. The quantitative estimate of drug-likeness (QED) is 0.882. The second-order valence-corrected chi connectivity index (χ2v) is 6.14. The first-order valence-electron chi connectivity index (χ1n) is 7.38. The number of thioether (sulfide) groups is 1. The Kier molecular flexibility index (Phi) is 4.63. The molecule has 2 heterocycles. The van der Waals surface area contributed by atoms with Gasteiger partial charge in [-0.15, -0.1) is 11.8 Å². The van der Waals surface area contributed by atoms with Gasteiger partial charge in [-0.25, -0.2) is 4.98 Å². The third-order valence-corrected chi connectivity index (χ3v) is 4.64. The number of pyridine rings is 1. The SMILES string of the molecule is CSc1ccccc1C(=O)NC1CCN(c2ccccn2)C1. The zero-order chi connectivity index (χ0) is 15.4. The van der Waals surface area contributed by atoms with Crippen molar-refractivity contribution in [2.75, 3.05) is 24.2 Å². The van der Waals surface area contributed by atoms with Crippen LogP contribution in [0, 0.1) is 0 Å². The van der Waals surface area contributed by atoms with Gasteiger partial charge in [0, 0.05) is 30.2 Å². The molecule has 1 saturated heterocycles. The first-order chi connectivity index (χ1) is 10.8. The second-order valence-electron chi connectivity index (χ2n) is 5.29. The van der Waals surface area contributed by atoms with Gasteiger partial charge in [-0.2, -0.15) is 0 Å². The summed E-state index contributed by atoms with van der Waals surface area (Å²) in [5, 5.41) is 3.15. The number of aromatic nitrogens is 1. The van der Waals surface area contributed by atoms with Crippen molar-refractivity contribution >= 4 is 23.5 Å². The average molecular weight is 313 g/mol. The summed E-state index contributed by atoms with van der Waals surface area (Å²) in [5.41, 5.74) is 0.756. The third kappa shape index (κ3) is 3.25. The van der Waals surface area contributed by atoms with E-state index in [1.165, 1.54) is 0 Å². The molecule has 0 radical (unpaired) electrons. The van der Waals surface area contributed by atoms with Crippen molar-refractivity contribution in [3.63, 3.8) is 0 Å². The molecule has 0 saturated carbocycles. The van der Waals surface area contributed by atoms with Gasteiger partial charge in [-0.05, 0) is 36.9 Å². The van der Waals surface area contributed by atoms with Crippen LogP contribution in [0.5, 0.6) is 0 Å². The van der Waals surface area contributed by atoms with Gasteiger partial charge in [0.05, 0.1) is 5.56 Å². The topological polar surface area (TPSA) is 45.2 Å². The molecule has 1 atom stereocenters. The number of hydrogen-bond acceptors (Lipinski definition) is 4. The molecule has 5 heteroatoms. The summed E-state index contributed by atoms with van der Waals surface area (Å²) in [6.07, 6.45) is 4.74. The molecule has 1 aromatic heterocycles. The number of benzene rings is 1. The van der Waals surface area contributed by atoms with Crippen LogP contribution in [0.1, 0.15) is 16.8 Å². The van der Waals surface area contributed by atoms with Gasteiger partial charge in [-0.1, -0.05) is 18.2 Å². The Labute approximate surface area is 134 Å². The maximum atomic E-state index is 12.5. The van der Waals surface area contributed by atoms with Gasteiger partial charge in [0.25, 0.3) is 5.91 Å². The van der Waals surface area contributed by atoms with Crippen molar-refractivity contribution < 1.29 is 4.79 Å². The summed E-state index contributed by atoms with van der Waals surface area (Å²) >= 11 is 1.60. The number of anilines is 1. The molecule has 4 nitrogen and oxygen atoms in total. The molecular formula is C17H19N3OS. The second kappa shape index (κ2) is 6.83. The van der Waals surface area contributed by atoms with Crippen molar-refractivity contribution in [2.24, 2.45) is 0 Å². The standard InChI is InChI=1S/C17H19N3OS/c1-22-15-7-3-2-6-14(15)17(21)19-13-9-11-20(12-13)16-8-4-5-10-18-16/h2-8,10,13H,9,11-12H2,1H3,(H,19,21). The van der Waals surface area contributed by atoms with Crippen molar-refractivity contribution in [1.29, 1.82) is 0 Å². The fourth-order valence-electron chi connectivity index (χ4n) is 2.72. The Morgan fingerprint density at radius 2 is 2.09 bits per heavy atom. The lowest BCUT2D eigenvalue weighted by Crippen LogP contribution is -2.37. The minimum atomic E-state index is 0.0119. The molecule has 1 aliphatic heterocycles. The van der Waals surface area contributed by atoms with E-state index in [0.29, 0.717) is 0 Å². The summed E-state index contributed by atoms with van der Waals surface area (Å²) in [4.78, 5) is 20.1. The van der Waals surface area contributed by atoms with Crippen molar-refractivity contribution in [1.82, 2.24) is 10.3 Å². The molecule has 1 amide bonds. The molecule has 0 spiro atoms. The fraction of sp³-hybridized carbons (Fsp3) is 0.294. The van der Waals surface area contributed by atoms with E-state index < -0.39 is 0 Å². The summed E-state index contributed by atoms with van der Waals surface area (Å²) in [7, 11) is 0. The predicted molar refractivity (Wildman–Crippen MR) is 90.5 cm³/mol. The van der Waals surface area contributed by atoms with E-state index in [2.05, 4.69) is 15.2 Å². The molecule has 3 rings (SSSR count). The number of amides is 1. The number of rotatable bonds is 4. The van der Waals surface area contributed by atoms with Crippen LogP contribution in [0.2, 0.25) is 0 Å².